The van der Waals surface area contributed by atoms with Gasteiger partial charge in [0.15, 0.2) is 0 Å². The fourth-order valence-corrected chi connectivity index (χ4v) is 2.23. The summed E-state index contributed by atoms with van der Waals surface area (Å²) in [5.74, 6) is -0.660. The molecule has 0 fully saturated rings. The number of carbonyl (C=O) groups excluding carboxylic acids is 1. The Labute approximate surface area is 134 Å². The number of benzene rings is 2. The van der Waals surface area contributed by atoms with Crippen LogP contribution in [0, 0.1) is 5.82 Å². The molecule has 0 aromatic heterocycles. The van der Waals surface area contributed by atoms with E-state index in [1.54, 1.807) is 6.07 Å². The van der Waals surface area contributed by atoms with Crippen LogP contribution in [0.25, 0.3) is 0 Å². The predicted molar refractivity (Wildman–Crippen MR) is 87.8 cm³/mol. The van der Waals surface area contributed by atoms with Gasteiger partial charge < -0.3 is 10.2 Å². The van der Waals surface area contributed by atoms with E-state index in [4.69, 9.17) is 11.6 Å². The minimum Gasteiger partial charge on any atom is -0.373 e. The van der Waals surface area contributed by atoms with E-state index in [1.165, 1.54) is 12.1 Å². The van der Waals surface area contributed by atoms with Crippen LogP contribution < -0.4 is 10.2 Å². The summed E-state index contributed by atoms with van der Waals surface area (Å²) in [5.41, 5.74) is 1.43. The van der Waals surface area contributed by atoms with Crippen LogP contribution >= 0.6 is 11.6 Å². The highest BCUT2D eigenvalue weighted by atomic mass is 35.5. The first-order valence-electron chi connectivity index (χ1n) is 7.03. The zero-order chi connectivity index (χ0) is 15.9. The molecule has 0 saturated carbocycles. The van der Waals surface area contributed by atoms with Crippen LogP contribution in [0.5, 0.6) is 0 Å². The van der Waals surface area contributed by atoms with Crippen LogP contribution in [0.4, 0.5) is 10.1 Å². The van der Waals surface area contributed by atoms with Crippen molar-refractivity contribution in [3.05, 3.63) is 64.9 Å². The summed E-state index contributed by atoms with van der Waals surface area (Å²) >= 11 is 5.68. The van der Waals surface area contributed by atoms with Crippen molar-refractivity contribution < 1.29 is 9.18 Å². The Morgan fingerprint density at radius 2 is 1.95 bits per heavy atom. The molecule has 0 spiro atoms. The zero-order valence-corrected chi connectivity index (χ0v) is 13.1. The van der Waals surface area contributed by atoms with Gasteiger partial charge in [-0.05, 0) is 29.8 Å². The van der Waals surface area contributed by atoms with Gasteiger partial charge in [0.2, 0.25) is 5.91 Å². The molecular weight excluding hydrogens is 303 g/mol. The number of amides is 1. The molecule has 0 heterocycles. The van der Waals surface area contributed by atoms with Crippen molar-refractivity contribution >= 4 is 23.2 Å². The van der Waals surface area contributed by atoms with Crippen LogP contribution in [0.3, 0.4) is 0 Å². The average molecular weight is 321 g/mol. The summed E-state index contributed by atoms with van der Waals surface area (Å²) in [7, 11) is 1.96. The molecule has 116 valence electrons. The van der Waals surface area contributed by atoms with Crippen molar-refractivity contribution in [2.75, 3.05) is 25.0 Å². The van der Waals surface area contributed by atoms with Crippen LogP contribution in [-0.4, -0.2) is 26.0 Å². The van der Waals surface area contributed by atoms with E-state index < -0.39 is 5.82 Å². The van der Waals surface area contributed by atoms with Crippen molar-refractivity contribution in [3.63, 3.8) is 0 Å². The fourth-order valence-electron chi connectivity index (χ4n) is 2.08. The first-order valence-corrected chi connectivity index (χ1v) is 7.41. The molecule has 0 atom stereocenters. The molecule has 0 bridgehead atoms. The Bertz CT molecular complexity index is 634. The predicted octanol–water partition coefficient (Wildman–Crippen LogP) is 3.27. The fraction of sp³-hybridized carbons (Fsp3) is 0.235. The third-order valence-corrected chi connectivity index (χ3v) is 3.57. The third-order valence-electron chi connectivity index (χ3n) is 3.33. The molecule has 3 nitrogen and oxygen atoms in total. The van der Waals surface area contributed by atoms with E-state index in [0.717, 1.165) is 5.69 Å². The number of nitrogens with zero attached hydrogens (tertiary/aromatic N) is 1. The summed E-state index contributed by atoms with van der Waals surface area (Å²) in [6.45, 7) is 1.18. The molecule has 0 aliphatic carbocycles. The van der Waals surface area contributed by atoms with Gasteiger partial charge in [-0.25, -0.2) is 4.39 Å². The van der Waals surface area contributed by atoms with Gasteiger partial charge in [0.25, 0.3) is 0 Å². The molecule has 1 amide bonds. The summed E-state index contributed by atoms with van der Waals surface area (Å²) in [6, 6.07) is 14.2. The second kappa shape index (κ2) is 7.80. The van der Waals surface area contributed by atoms with Gasteiger partial charge in [0, 0.05) is 30.8 Å². The lowest BCUT2D eigenvalue weighted by Crippen LogP contribution is -2.33. The Hall–Kier alpha value is -2.07. The molecule has 1 N–H and O–H groups in total. The minimum absolute atomic E-state index is 0.0120. The SMILES string of the molecule is CN(CCNC(=O)Cc1ccc(Cl)cc1F)c1ccccc1. The number of anilines is 1. The first-order chi connectivity index (χ1) is 10.6. The molecule has 0 aliphatic heterocycles. The van der Waals surface area contributed by atoms with E-state index in [1.807, 2.05) is 42.3 Å². The Balaban J connectivity index is 1.78. The molecular formula is C17H18ClFN2O. The van der Waals surface area contributed by atoms with Gasteiger partial charge in [-0.1, -0.05) is 35.9 Å². The monoisotopic (exact) mass is 320 g/mol. The maximum absolute atomic E-state index is 13.6. The molecule has 2 aromatic carbocycles. The molecule has 0 radical (unpaired) electrons. The van der Waals surface area contributed by atoms with Gasteiger partial charge in [0.05, 0.1) is 6.42 Å². The van der Waals surface area contributed by atoms with Crippen molar-refractivity contribution in [2.45, 2.75) is 6.42 Å². The molecule has 22 heavy (non-hydrogen) atoms. The number of rotatable bonds is 6. The Morgan fingerprint density at radius 3 is 2.64 bits per heavy atom. The Morgan fingerprint density at radius 1 is 1.23 bits per heavy atom. The van der Waals surface area contributed by atoms with Crippen LogP contribution in [0.15, 0.2) is 48.5 Å². The zero-order valence-electron chi connectivity index (χ0n) is 12.4. The van der Waals surface area contributed by atoms with E-state index >= 15 is 0 Å². The third kappa shape index (κ3) is 4.74. The number of hydrogen-bond acceptors (Lipinski definition) is 2. The van der Waals surface area contributed by atoms with Gasteiger partial charge >= 0.3 is 0 Å². The second-order valence-electron chi connectivity index (χ2n) is 5.02. The van der Waals surface area contributed by atoms with E-state index in [-0.39, 0.29) is 12.3 Å². The Kier molecular flexibility index (Phi) is 5.78. The highest BCUT2D eigenvalue weighted by molar-refractivity contribution is 6.30. The van der Waals surface area contributed by atoms with E-state index in [0.29, 0.717) is 23.7 Å². The normalized spacial score (nSPS) is 10.3. The molecule has 0 aliphatic rings. The van der Waals surface area contributed by atoms with Crippen molar-refractivity contribution in [1.82, 2.24) is 5.32 Å². The minimum atomic E-state index is -0.455. The van der Waals surface area contributed by atoms with Crippen LogP contribution in [-0.2, 0) is 11.2 Å². The number of halogens is 2. The molecule has 2 aromatic rings. The average Bonchev–Trinajstić information content (AvgIpc) is 2.51. The summed E-state index contributed by atoms with van der Waals surface area (Å²) < 4.78 is 13.6. The second-order valence-corrected chi connectivity index (χ2v) is 5.46. The van der Waals surface area contributed by atoms with Crippen LogP contribution in [0.2, 0.25) is 5.02 Å². The topological polar surface area (TPSA) is 32.3 Å². The maximum atomic E-state index is 13.6. The lowest BCUT2D eigenvalue weighted by molar-refractivity contribution is -0.120. The number of likely N-dealkylation sites (N-methyl/N-ethyl adjacent to an activating group) is 1. The smallest absolute Gasteiger partial charge is 0.224 e. The summed E-state index contributed by atoms with van der Waals surface area (Å²) in [4.78, 5) is 13.9. The van der Waals surface area contributed by atoms with Gasteiger partial charge in [-0.2, -0.15) is 0 Å². The number of carbonyl (C=O) groups is 1. The van der Waals surface area contributed by atoms with Crippen molar-refractivity contribution in [1.29, 1.82) is 0 Å². The quantitative estimate of drug-likeness (QED) is 0.886. The molecule has 2 rings (SSSR count). The number of hydrogen-bond donors (Lipinski definition) is 1. The lowest BCUT2D eigenvalue weighted by atomic mass is 10.1. The largest absolute Gasteiger partial charge is 0.373 e. The number of nitrogens with one attached hydrogen (secondary N) is 1. The van der Waals surface area contributed by atoms with E-state index in [2.05, 4.69) is 5.32 Å². The van der Waals surface area contributed by atoms with Crippen molar-refractivity contribution in [2.24, 2.45) is 0 Å². The molecule has 5 heteroatoms. The standard InChI is InChI=1S/C17H18ClFN2O/c1-21(15-5-3-2-4-6-15)10-9-20-17(22)11-13-7-8-14(18)12-16(13)19/h2-8,12H,9-11H2,1H3,(H,20,22). The first kappa shape index (κ1) is 16.3. The van der Waals surface area contributed by atoms with Gasteiger partial charge in [-0.15, -0.1) is 0 Å². The lowest BCUT2D eigenvalue weighted by Gasteiger charge is -2.19. The van der Waals surface area contributed by atoms with Gasteiger partial charge in [0.1, 0.15) is 5.82 Å². The van der Waals surface area contributed by atoms with E-state index in [9.17, 15) is 9.18 Å². The highest BCUT2D eigenvalue weighted by Crippen LogP contribution is 2.15. The summed E-state index contributed by atoms with van der Waals surface area (Å²) in [6.07, 6.45) is 0.0120. The van der Waals surface area contributed by atoms with Crippen molar-refractivity contribution in [3.8, 4) is 0 Å². The molecule has 0 saturated heterocycles. The summed E-state index contributed by atoms with van der Waals surface area (Å²) in [5, 5.41) is 3.12. The molecule has 0 unspecified atom stereocenters. The maximum Gasteiger partial charge on any atom is 0.224 e. The number of para-hydroxylation sites is 1. The van der Waals surface area contributed by atoms with Gasteiger partial charge in [-0.3, -0.25) is 4.79 Å². The van der Waals surface area contributed by atoms with Crippen LogP contribution in [0.1, 0.15) is 5.56 Å². The highest BCUT2D eigenvalue weighted by Gasteiger charge is 2.09.